The normalized spacial score (nSPS) is 32.1. The Kier molecular flexibility index (Phi) is 5.11. The van der Waals surface area contributed by atoms with Crippen LogP contribution >= 0.6 is 0 Å². The van der Waals surface area contributed by atoms with Gasteiger partial charge in [-0.1, -0.05) is 13.3 Å². The lowest BCUT2D eigenvalue weighted by Gasteiger charge is -2.28. The number of unbranched alkanes of at least 4 members (excludes halogenated alkanes) is 1. The average Bonchev–Trinajstić information content (AvgIpc) is 2.77. The summed E-state index contributed by atoms with van der Waals surface area (Å²) >= 11 is 0. The molecule has 1 N–H and O–H groups in total. The van der Waals surface area contributed by atoms with E-state index in [1.54, 1.807) is 0 Å². The van der Waals surface area contributed by atoms with Crippen molar-refractivity contribution in [3.8, 4) is 0 Å². The summed E-state index contributed by atoms with van der Waals surface area (Å²) in [6.07, 6.45) is 9.88. The molecule has 2 nitrogen and oxygen atoms in total. The highest BCUT2D eigenvalue weighted by Crippen LogP contribution is 2.19. The zero-order valence-electron chi connectivity index (χ0n) is 10.9. The van der Waals surface area contributed by atoms with Gasteiger partial charge >= 0.3 is 0 Å². The van der Waals surface area contributed by atoms with E-state index in [-0.39, 0.29) is 0 Å². The largest absolute Gasteiger partial charge is 0.314 e. The van der Waals surface area contributed by atoms with Crippen molar-refractivity contribution in [3.63, 3.8) is 0 Å². The molecule has 2 aliphatic heterocycles. The van der Waals surface area contributed by atoms with Gasteiger partial charge in [-0.15, -0.1) is 0 Å². The molecule has 2 aliphatic rings. The minimum atomic E-state index is 0.822. The molecule has 2 heteroatoms. The molecule has 0 radical (unpaired) electrons. The number of nitrogens with zero attached hydrogens (tertiary/aromatic N) is 1. The Morgan fingerprint density at radius 3 is 2.75 bits per heavy atom. The van der Waals surface area contributed by atoms with Gasteiger partial charge in [0.15, 0.2) is 0 Å². The van der Waals surface area contributed by atoms with Gasteiger partial charge < -0.3 is 10.2 Å². The van der Waals surface area contributed by atoms with Gasteiger partial charge in [-0.3, -0.25) is 0 Å². The standard InChI is InChI=1S/C14H28N2/c1-13-7-8-15-14(12-13)6-2-3-9-16-10-4-5-11-16/h13-15H,2-12H2,1H3/t13-,14-/m1/s1. The Bertz CT molecular complexity index is 187. The molecule has 0 aromatic rings. The van der Waals surface area contributed by atoms with Crippen molar-refractivity contribution in [2.75, 3.05) is 26.2 Å². The first-order valence-electron chi connectivity index (χ1n) is 7.30. The van der Waals surface area contributed by atoms with Crippen LogP contribution in [0.2, 0.25) is 0 Å². The molecule has 2 atom stereocenters. The Labute approximate surface area is 101 Å². The van der Waals surface area contributed by atoms with Crippen LogP contribution in [0.25, 0.3) is 0 Å². The van der Waals surface area contributed by atoms with Gasteiger partial charge in [-0.2, -0.15) is 0 Å². The number of likely N-dealkylation sites (tertiary alicyclic amines) is 1. The quantitative estimate of drug-likeness (QED) is 0.722. The van der Waals surface area contributed by atoms with E-state index in [4.69, 9.17) is 0 Å². The lowest BCUT2D eigenvalue weighted by atomic mass is 9.91. The van der Waals surface area contributed by atoms with E-state index in [1.807, 2.05) is 0 Å². The molecule has 2 heterocycles. The van der Waals surface area contributed by atoms with Crippen LogP contribution in [0.1, 0.15) is 51.9 Å². The molecule has 16 heavy (non-hydrogen) atoms. The smallest absolute Gasteiger partial charge is 0.00696 e. The van der Waals surface area contributed by atoms with Crippen molar-refractivity contribution in [2.45, 2.75) is 57.9 Å². The van der Waals surface area contributed by atoms with Crippen LogP contribution in [0.4, 0.5) is 0 Å². The summed E-state index contributed by atoms with van der Waals surface area (Å²) in [5.74, 6) is 0.949. The summed E-state index contributed by atoms with van der Waals surface area (Å²) in [5, 5.41) is 3.66. The molecule has 2 fully saturated rings. The molecule has 2 rings (SSSR count). The zero-order chi connectivity index (χ0) is 11.2. The van der Waals surface area contributed by atoms with Gasteiger partial charge in [-0.25, -0.2) is 0 Å². The zero-order valence-corrected chi connectivity index (χ0v) is 10.9. The predicted molar refractivity (Wildman–Crippen MR) is 69.7 cm³/mol. The molecule has 2 saturated heterocycles. The van der Waals surface area contributed by atoms with Gasteiger partial charge in [-0.05, 0) is 70.6 Å². The number of rotatable bonds is 5. The van der Waals surface area contributed by atoms with E-state index in [0.717, 1.165) is 12.0 Å². The van der Waals surface area contributed by atoms with Crippen LogP contribution in [-0.4, -0.2) is 37.1 Å². The van der Waals surface area contributed by atoms with Crippen molar-refractivity contribution in [3.05, 3.63) is 0 Å². The number of hydrogen-bond acceptors (Lipinski definition) is 2. The van der Waals surface area contributed by atoms with Gasteiger partial charge in [0.05, 0.1) is 0 Å². The van der Waals surface area contributed by atoms with Crippen LogP contribution in [0.15, 0.2) is 0 Å². The molecule has 0 amide bonds. The summed E-state index contributed by atoms with van der Waals surface area (Å²) < 4.78 is 0. The van der Waals surface area contributed by atoms with E-state index in [1.165, 1.54) is 71.1 Å². The first-order valence-corrected chi connectivity index (χ1v) is 7.30. The second-order valence-electron chi connectivity index (χ2n) is 5.83. The lowest BCUT2D eigenvalue weighted by molar-refractivity contribution is 0.288. The van der Waals surface area contributed by atoms with Crippen molar-refractivity contribution in [2.24, 2.45) is 5.92 Å². The maximum atomic E-state index is 3.66. The number of hydrogen-bond donors (Lipinski definition) is 1. The fourth-order valence-corrected chi connectivity index (χ4v) is 3.17. The fourth-order valence-electron chi connectivity index (χ4n) is 3.17. The first kappa shape index (κ1) is 12.4. The third kappa shape index (κ3) is 4.06. The highest BCUT2D eigenvalue weighted by molar-refractivity contribution is 4.76. The monoisotopic (exact) mass is 224 g/mol. The molecule has 94 valence electrons. The third-order valence-electron chi connectivity index (χ3n) is 4.23. The minimum Gasteiger partial charge on any atom is -0.314 e. The summed E-state index contributed by atoms with van der Waals surface area (Å²) in [5.41, 5.74) is 0. The molecule has 0 saturated carbocycles. The van der Waals surface area contributed by atoms with E-state index >= 15 is 0 Å². The van der Waals surface area contributed by atoms with E-state index < -0.39 is 0 Å². The van der Waals surface area contributed by atoms with Crippen LogP contribution in [0.3, 0.4) is 0 Å². The molecule has 0 unspecified atom stereocenters. The molecule has 0 spiro atoms. The fraction of sp³-hybridized carbons (Fsp3) is 1.00. The number of piperidine rings is 1. The van der Waals surface area contributed by atoms with Crippen molar-refractivity contribution in [1.82, 2.24) is 10.2 Å². The molecule has 0 bridgehead atoms. The minimum absolute atomic E-state index is 0.822. The first-order chi connectivity index (χ1) is 7.84. The third-order valence-corrected chi connectivity index (χ3v) is 4.23. The SMILES string of the molecule is C[C@@H]1CCN[C@H](CCCCN2CCCC2)C1. The summed E-state index contributed by atoms with van der Waals surface area (Å²) in [7, 11) is 0. The van der Waals surface area contributed by atoms with Crippen LogP contribution in [0, 0.1) is 5.92 Å². The second-order valence-corrected chi connectivity index (χ2v) is 5.83. The highest BCUT2D eigenvalue weighted by atomic mass is 15.1. The van der Waals surface area contributed by atoms with Gasteiger partial charge in [0.2, 0.25) is 0 Å². The summed E-state index contributed by atoms with van der Waals surface area (Å²) in [6, 6.07) is 0.822. The molecular formula is C14H28N2. The maximum absolute atomic E-state index is 3.66. The van der Waals surface area contributed by atoms with Gasteiger partial charge in [0.1, 0.15) is 0 Å². The van der Waals surface area contributed by atoms with E-state index in [0.29, 0.717) is 0 Å². The van der Waals surface area contributed by atoms with Crippen molar-refractivity contribution < 1.29 is 0 Å². The molecule has 0 aromatic carbocycles. The Balaban J connectivity index is 1.50. The van der Waals surface area contributed by atoms with Gasteiger partial charge in [0.25, 0.3) is 0 Å². The Hall–Kier alpha value is -0.0800. The predicted octanol–water partition coefficient (Wildman–Crippen LogP) is 2.64. The van der Waals surface area contributed by atoms with Gasteiger partial charge in [0, 0.05) is 6.04 Å². The molecule has 0 aromatic heterocycles. The lowest BCUT2D eigenvalue weighted by Crippen LogP contribution is -2.37. The Morgan fingerprint density at radius 1 is 1.19 bits per heavy atom. The van der Waals surface area contributed by atoms with E-state index in [2.05, 4.69) is 17.1 Å². The van der Waals surface area contributed by atoms with Crippen LogP contribution in [-0.2, 0) is 0 Å². The summed E-state index contributed by atoms with van der Waals surface area (Å²) in [4.78, 5) is 2.64. The van der Waals surface area contributed by atoms with Crippen molar-refractivity contribution in [1.29, 1.82) is 0 Å². The molecular weight excluding hydrogens is 196 g/mol. The Morgan fingerprint density at radius 2 is 2.00 bits per heavy atom. The molecule has 0 aliphatic carbocycles. The van der Waals surface area contributed by atoms with Crippen LogP contribution in [0.5, 0.6) is 0 Å². The summed E-state index contributed by atoms with van der Waals surface area (Å²) in [6.45, 7) is 7.72. The second kappa shape index (κ2) is 6.61. The average molecular weight is 224 g/mol. The number of nitrogens with one attached hydrogen (secondary N) is 1. The maximum Gasteiger partial charge on any atom is 0.00696 e. The highest BCUT2D eigenvalue weighted by Gasteiger charge is 2.17. The topological polar surface area (TPSA) is 15.3 Å². The van der Waals surface area contributed by atoms with Crippen molar-refractivity contribution >= 4 is 0 Å². The van der Waals surface area contributed by atoms with E-state index in [9.17, 15) is 0 Å². The van der Waals surface area contributed by atoms with Crippen LogP contribution < -0.4 is 5.32 Å².